The third-order valence-corrected chi connectivity index (χ3v) is 3.46. The van der Waals surface area contributed by atoms with Crippen molar-refractivity contribution in [1.29, 1.82) is 0 Å². The molecule has 2 unspecified atom stereocenters. The summed E-state index contributed by atoms with van der Waals surface area (Å²) >= 11 is 0. The van der Waals surface area contributed by atoms with E-state index in [1.54, 1.807) is 0 Å². The van der Waals surface area contributed by atoms with Gasteiger partial charge in [0.15, 0.2) is 0 Å². The standard InChI is InChI=1S/C11H20N2O/c1-8-3-2-6-13(11(8)14)7-10(12)9-4-5-9/h8-10H,2-7,12H2,1H3. The van der Waals surface area contributed by atoms with Crippen LogP contribution in [0.25, 0.3) is 0 Å². The number of amides is 1. The molecule has 2 rings (SSSR count). The van der Waals surface area contributed by atoms with Gasteiger partial charge >= 0.3 is 0 Å². The zero-order valence-electron chi connectivity index (χ0n) is 8.91. The summed E-state index contributed by atoms with van der Waals surface area (Å²) in [5.74, 6) is 1.22. The molecule has 0 aromatic heterocycles. The Morgan fingerprint density at radius 2 is 2.21 bits per heavy atom. The number of likely N-dealkylation sites (tertiary alicyclic amines) is 1. The van der Waals surface area contributed by atoms with Crippen molar-refractivity contribution in [2.45, 2.75) is 38.6 Å². The fraction of sp³-hybridized carbons (Fsp3) is 0.909. The van der Waals surface area contributed by atoms with Crippen molar-refractivity contribution in [3.05, 3.63) is 0 Å². The first-order valence-electron chi connectivity index (χ1n) is 5.73. The lowest BCUT2D eigenvalue weighted by molar-refractivity contribution is -0.138. The third-order valence-electron chi connectivity index (χ3n) is 3.46. The maximum Gasteiger partial charge on any atom is 0.225 e. The number of nitrogens with two attached hydrogens (primary N) is 1. The first-order valence-corrected chi connectivity index (χ1v) is 5.73. The van der Waals surface area contributed by atoms with Gasteiger partial charge in [-0.3, -0.25) is 4.79 Å². The van der Waals surface area contributed by atoms with E-state index in [0.717, 1.165) is 25.9 Å². The molecule has 3 heteroatoms. The van der Waals surface area contributed by atoms with E-state index < -0.39 is 0 Å². The second-order valence-corrected chi connectivity index (χ2v) is 4.83. The van der Waals surface area contributed by atoms with Crippen LogP contribution in [0, 0.1) is 11.8 Å². The fourth-order valence-electron chi connectivity index (χ4n) is 2.24. The van der Waals surface area contributed by atoms with Crippen LogP contribution in [0.2, 0.25) is 0 Å². The molecular weight excluding hydrogens is 176 g/mol. The van der Waals surface area contributed by atoms with Crippen LogP contribution < -0.4 is 5.73 Å². The Morgan fingerprint density at radius 3 is 2.86 bits per heavy atom. The van der Waals surface area contributed by atoms with Crippen molar-refractivity contribution in [2.24, 2.45) is 17.6 Å². The molecule has 1 amide bonds. The summed E-state index contributed by atoms with van der Waals surface area (Å²) in [6.07, 6.45) is 4.72. The van der Waals surface area contributed by atoms with E-state index in [2.05, 4.69) is 0 Å². The molecule has 0 radical (unpaired) electrons. The van der Waals surface area contributed by atoms with E-state index >= 15 is 0 Å². The van der Waals surface area contributed by atoms with E-state index in [-0.39, 0.29) is 12.0 Å². The zero-order valence-corrected chi connectivity index (χ0v) is 8.91. The second kappa shape index (κ2) is 3.89. The van der Waals surface area contributed by atoms with Gasteiger partial charge in [0.25, 0.3) is 0 Å². The molecule has 1 aliphatic carbocycles. The van der Waals surface area contributed by atoms with E-state index in [1.165, 1.54) is 12.8 Å². The fourth-order valence-corrected chi connectivity index (χ4v) is 2.24. The van der Waals surface area contributed by atoms with Crippen LogP contribution >= 0.6 is 0 Å². The minimum atomic E-state index is 0.218. The van der Waals surface area contributed by atoms with Crippen molar-refractivity contribution >= 4 is 5.91 Å². The molecule has 80 valence electrons. The Balaban J connectivity index is 1.86. The van der Waals surface area contributed by atoms with Gasteiger partial charge < -0.3 is 10.6 Å². The molecule has 0 aromatic rings. The van der Waals surface area contributed by atoms with Crippen LogP contribution in [0.15, 0.2) is 0 Å². The molecule has 0 bridgehead atoms. The Bertz CT molecular complexity index is 225. The summed E-state index contributed by atoms with van der Waals surface area (Å²) < 4.78 is 0. The molecular formula is C11H20N2O. The lowest BCUT2D eigenvalue weighted by atomic mass is 9.98. The lowest BCUT2D eigenvalue weighted by Crippen LogP contribution is -2.47. The van der Waals surface area contributed by atoms with Crippen LogP contribution in [0.1, 0.15) is 32.6 Å². The summed E-state index contributed by atoms with van der Waals surface area (Å²) in [6.45, 7) is 3.73. The maximum atomic E-state index is 11.8. The minimum absolute atomic E-state index is 0.218. The molecule has 0 spiro atoms. The summed E-state index contributed by atoms with van der Waals surface area (Å²) in [5.41, 5.74) is 6.02. The first kappa shape index (κ1) is 9.97. The topological polar surface area (TPSA) is 46.3 Å². The van der Waals surface area contributed by atoms with Crippen LogP contribution in [-0.2, 0) is 4.79 Å². The van der Waals surface area contributed by atoms with Gasteiger partial charge in [-0.05, 0) is 31.6 Å². The molecule has 1 saturated carbocycles. The van der Waals surface area contributed by atoms with Crippen LogP contribution in [0.4, 0.5) is 0 Å². The molecule has 1 heterocycles. The van der Waals surface area contributed by atoms with Gasteiger partial charge in [0.05, 0.1) is 0 Å². The van der Waals surface area contributed by atoms with Gasteiger partial charge in [-0.1, -0.05) is 6.92 Å². The molecule has 0 aromatic carbocycles. The normalized spacial score (nSPS) is 30.6. The number of hydrogen-bond acceptors (Lipinski definition) is 2. The third kappa shape index (κ3) is 2.08. The maximum absolute atomic E-state index is 11.8. The van der Waals surface area contributed by atoms with Crippen molar-refractivity contribution in [3.8, 4) is 0 Å². The quantitative estimate of drug-likeness (QED) is 0.731. The molecule has 2 aliphatic rings. The molecule has 14 heavy (non-hydrogen) atoms. The van der Waals surface area contributed by atoms with Crippen molar-refractivity contribution in [1.82, 2.24) is 4.90 Å². The van der Waals surface area contributed by atoms with Gasteiger partial charge in [-0.15, -0.1) is 0 Å². The Labute approximate surface area is 85.6 Å². The number of carbonyl (C=O) groups is 1. The predicted molar refractivity (Wildman–Crippen MR) is 55.7 cm³/mol. The van der Waals surface area contributed by atoms with Gasteiger partial charge in [0.2, 0.25) is 5.91 Å². The summed E-state index contributed by atoms with van der Waals surface area (Å²) in [7, 11) is 0. The zero-order chi connectivity index (χ0) is 10.1. The van der Waals surface area contributed by atoms with Crippen LogP contribution in [-0.4, -0.2) is 29.9 Å². The molecule has 1 aliphatic heterocycles. The summed E-state index contributed by atoms with van der Waals surface area (Å²) in [6, 6.07) is 0.226. The number of nitrogens with zero attached hydrogens (tertiary/aromatic N) is 1. The minimum Gasteiger partial charge on any atom is -0.341 e. The van der Waals surface area contributed by atoms with Crippen molar-refractivity contribution < 1.29 is 4.79 Å². The highest BCUT2D eigenvalue weighted by molar-refractivity contribution is 5.79. The van der Waals surface area contributed by atoms with E-state index in [4.69, 9.17) is 5.73 Å². The lowest BCUT2D eigenvalue weighted by Gasteiger charge is -2.32. The number of rotatable bonds is 3. The van der Waals surface area contributed by atoms with Gasteiger partial charge in [-0.2, -0.15) is 0 Å². The van der Waals surface area contributed by atoms with E-state index in [9.17, 15) is 4.79 Å². The number of hydrogen-bond donors (Lipinski definition) is 1. The van der Waals surface area contributed by atoms with Gasteiger partial charge in [0, 0.05) is 25.0 Å². The molecule has 1 saturated heterocycles. The van der Waals surface area contributed by atoms with E-state index in [1.807, 2.05) is 11.8 Å². The highest BCUT2D eigenvalue weighted by atomic mass is 16.2. The largest absolute Gasteiger partial charge is 0.341 e. The summed E-state index contributed by atoms with van der Waals surface area (Å²) in [5, 5.41) is 0. The highest BCUT2D eigenvalue weighted by Crippen LogP contribution is 2.32. The smallest absolute Gasteiger partial charge is 0.225 e. The van der Waals surface area contributed by atoms with Gasteiger partial charge in [-0.25, -0.2) is 0 Å². The Morgan fingerprint density at radius 1 is 1.50 bits per heavy atom. The average molecular weight is 196 g/mol. The van der Waals surface area contributed by atoms with Crippen LogP contribution in [0.5, 0.6) is 0 Å². The molecule has 2 fully saturated rings. The monoisotopic (exact) mass is 196 g/mol. The molecule has 3 nitrogen and oxygen atoms in total. The second-order valence-electron chi connectivity index (χ2n) is 4.83. The highest BCUT2D eigenvalue weighted by Gasteiger charge is 2.32. The number of carbonyl (C=O) groups excluding carboxylic acids is 1. The summed E-state index contributed by atoms with van der Waals surface area (Å²) in [4.78, 5) is 13.7. The Hall–Kier alpha value is -0.570. The predicted octanol–water partition coefficient (Wildman–Crippen LogP) is 0.982. The van der Waals surface area contributed by atoms with E-state index in [0.29, 0.717) is 11.8 Å². The average Bonchev–Trinajstić information content (AvgIpc) is 2.95. The number of piperidine rings is 1. The SMILES string of the molecule is CC1CCCN(CC(N)C2CC2)C1=O. The van der Waals surface area contributed by atoms with Crippen LogP contribution in [0.3, 0.4) is 0 Å². The van der Waals surface area contributed by atoms with Gasteiger partial charge in [0.1, 0.15) is 0 Å². The molecule has 2 atom stereocenters. The van der Waals surface area contributed by atoms with Crippen molar-refractivity contribution in [2.75, 3.05) is 13.1 Å². The Kier molecular flexibility index (Phi) is 2.77. The van der Waals surface area contributed by atoms with Crippen molar-refractivity contribution in [3.63, 3.8) is 0 Å². The first-order chi connectivity index (χ1) is 6.68. The molecule has 2 N–H and O–H groups in total.